The predicted octanol–water partition coefficient (Wildman–Crippen LogP) is 5.44. The van der Waals surface area contributed by atoms with E-state index in [0.29, 0.717) is 45.5 Å². The zero-order chi connectivity index (χ0) is 23.4. The molecule has 0 saturated carbocycles. The Balaban J connectivity index is 1.65. The first-order valence-corrected chi connectivity index (χ1v) is 10.8. The summed E-state index contributed by atoms with van der Waals surface area (Å²) in [4.78, 5) is 25.6. The fourth-order valence-electron chi connectivity index (χ4n) is 3.72. The van der Waals surface area contributed by atoms with Gasteiger partial charge in [0.15, 0.2) is 17.3 Å². The number of hydrogen-bond donors (Lipinski definition) is 2. The van der Waals surface area contributed by atoms with Gasteiger partial charge in [-0.2, -0.15) is 0 Å². The van der Waals surface area contributed by atoms with Gasteiger partial charge < -0.3 is 20.1 Å². The van der Waals surface area contributed by atoms with E-state index in [1.54, 1.807) is 50.4 Å². The molecule has 4 rings (SSSR count). The zero-order valence-electron chi connectivity index (χ0n) is 18.2. The minimum Gasteiger partial charge on any atom is -0.493 e. The molecule has 0 spiro atoms. The van der Waals surface area contributed by atoms with E-state index in [2.05, 4.69) is 10.6 Å². The molecule has 0 fully saturated rings. The van der Waals surface area contributed by atoms with Gasteiger partial charge in [-0.3, -0.25) is 4.79 Å². The van der Waals surface area contributed by atoms with E-state index < -0.39 is 6.04 Å². The minimum absolute atomic E-state index is 0.204. The van der Waals surface area contributed by atoms with E-state index in [0.717, 1.165) is 5.56 Å². The number of ketones is 1. The first-order chi connectivity index (χ1) is 16.0. The molecule has 168 valence electrons. The number of rotatable bonds is 7. The summed E-state index contributed by atoms with van der Waals surface area (Å²) in [5, 5.41) is 6.09. The van der Waals surface area contributed by atoms with Crippen LogP contribution in [0.3, 0.4) is 0 Å². The maximum Gasteiger partial charge on any atom is 0.319 e. The Hall–Kier alpha value is -3.77. The monoisotopic (exact) mass is 462 g/mol. The number of Topliss-reactive ketones (excluding diaryl/α,β-unsaturated/α-hetero) is 1. The standard InChI is InChI=1S/C26H23ClN2O4/c1-16-23(25(30)18-8-11-20(27)12-9-18)24(29-26(31)28-16)19-10-13-21(22(14-19)32-2)33-15-17-6-4-3-5-7-17/h3-14,24H,15H2,1-2H3,(H2,28,29,31)/t24-/m0/s1. The number of ether oxygens (including phenoxy) is 2. The summed E-state index contributed by atoms with van der Waals surface area (Å²) in [6.45, 7) is 2.10. The molecule has 1 heterocycles. The summed E-state index contributed by atoms with van der Waals surface area (Å²) in [7, 11) is 1.55. The quantitative estimate of drug-likeness (QED) is 0.458. The molecular formula is C26H23ClN2O4. The summed E-state index contributed by atoms with van der Waals surface area (Å²) in [5.41, 5.74) is 3.14. The van der Waals surface area contributed by atoms with Crippen molar-refractivity contribution in [3.8, 4) is 11.5 Å². The van der Waals surface area contributed by atoms with Crippen molar-refractivity contribution < 1.29 is 19.1 Å². The number of hydrogen-bond acceptors (Lipinski definition) is 4. The first-order valence-electron chi connectivity index (χ1n) is 10.4. The Bertz CT molecular complexity index is 1210. The van der Waals surface area contributed by atoms with Gasteiger partial charge in [0.1, 0.15) is 6.61 Å². The highest BCUT2D eigenvalue weighted by molar-refractivity contribution is 6.30. The smallest absolute Gasteiger partial charge is 0.319 e. The zero-order valence-corrected chi connectivity index (χ0v) is 19.0. The molecule has 1 aliphatic rings. The molecule has 0 aromatic heterocycles. The number of carbonyl (C=O) groups excluding carboxylic acids is 2. The molecule has 2 amide bonds. The second kappa shape index (κ2) is 9.79. The number of nitrogens with one attached hydrogen (secondary N) is 2. The number of methoxy groups -OCH3 is 1. The van der Waals surface area contributed by atoms with Gasteiger partial charge in [0.2, 0.25) is 0 Å². The van der Waals surface area contributed by atoms with Crippen molar-refractivity contribution in [2.75, 3.05) is 7.11 Å². The van der Waals surface area contributed by atoms with Crippen LogP contribution in [0.15, 0.2) is 84.1 Å². The first kappa shape index (κ1) is 22.4. The van der Waals surface area contributed by atoms with Crippen molar-refractivity contribution in [3.63, 3.8) is 0 Å². The van der Waals surface area contributed by atoms with Crippen LogP contribution in [0.4, 0.5) is 4.79 Å². The van der Waals surface area contributed by atoms with Crippen LogP contribution in [0.25, 0.3) is 0 Å². The summed E-state index contributed by atoms with van der Waals surface area (Å²) in [6, 6.07) is 20.8. The molecule has 3 aromatic rings. The lowest BCUT2D eigenvalue weighted by molar-refractivity contribution is 0.102. The Kier molecular flexibility index (Phi) is 6.66. The Labute approximate surface area is 197 Å². The molecule has 0 saturated heterocycles. The molecule has 33 heavy (non-hydrogen) atoms. The van der Waals surface area contributed by atoms with Crippen LogP contribution in [0.1, 0.15) is 34.5 Å². The molecule has 0 aliphatic carbocycles. The molecule has 0 bridgehead atoms. The van der Waals surface area contributed by atoms with Crippen LogP contribution < -0.4 is 20.1 Å². The third kappa shape index (κ3) is 5.02. The molecule has 1 aliphatic heterocycles. The van der Waals surface area contributed by atoms with Crippen molar-refractivity contribution in [1.29, 1.82) is 0 Å². The fraction of sp³-hybridized carbons (Fsp3) is 0.154. The molecule has 1 atom stereocenters. The SMILES string of the molecule is COc1cc([C@@H]2NC(=O)NC(C)=C2C(=O)c2ccc(Cl)cc2)ccc1OCc1ccccc1. The Morgan fingerprint density at radius 1 is 1.00 bits per heavy atom. The minimum atomic E-state index is -0.654. The summed E-state index contributed by atoms with van der Waals surface area (Å²) in [5.74, 6) is 0.869. The van der Waals surface area contributed by atoms with Crippen LogP contribution in [0.2, 0.25) is 5.02 Å². The fourth-order valence-corrected chi connectivity index (χ4v) is 3.85. The Morgan fingerprint density at radius 2 is 1.73 bits per heavy atom. The average Bonchev–Trinajstić information content (AvgIpc) is 2.83. The lowest BCUT2D eigenvalue weighted by atomic mass is 9.89. The highest BCUT2D eigenvalue weighted by Gasteiger charge is 2.32. The number of benzene rings is 3. The average molecular weight is 463 g/mol. The van der Waals surface area contributed by atoms with Gasteiger partial charge >= 0.3 is 6.03 Å². The van der Waals surface area contributed by atoms with Gasteiger partial charge in [-0.1, -0.05) is 48.0 Å². The summed E-state index contributed by atoms with van der Waals surface area (Å²) >= 11 is 5.97. The van der Waals surface area contributed by atoms with Gasteiger partial charge in [-0.05, 0) is 54.4 Å². The number of urea groups is 1. The summed E-state index contributed by atoms with van der Waals surface area (Å²) in [6.07, 6.45) is 0. The maximum atomic E-state index is 13.3. The lowest BCUT2D eigenvalue weighted by Crippen LogP contribution is -2.45. The molecule has 2 N–H and O–H groups in total. The largest absolute Gasteiger partial charge is 0.493 e. The van der Waals surface area contributed by atoms with Crippen molar-refractivity contribution >= 4 is 23.4 Å². The highest BCUT2D eigenvalue weighted by Crippen LogP contribution is 2.35. The van der Waals surface area contributed by atoms with Crippen LogP contribution in [-0.4, -0.2) is 18.9 Å². The molecule has 6 nitrogen and oxygen atoms in total. The molecule has 7 heteroatoms. The van der Waals surface area contributed by atoms with Crippen LogP contribution in [-0.2, 0) is 6.61 Å². The summed E-state index contributed by atoms with van der Waals surface area (Å²) < 4.78 is 11.5. The van der Waals surface area contributed by atoms with Crippen molar-refractivity contribution in [2.24, 2.45) is 0 Å². The number of amides is 2. The van der Waals surface area contributed by atoms with E-state index in [9.17, 15) is 9.59 Å². The highest BCUT2D eigenvalue weighted by atomic mass is 35.5. The second-order valence-corrected chi connectivity index (χ2v) is 8.03. The van der Waals surface area contributed by atoms with E-state index in [-0.39, 0.29) is 11.8 Å². The van der Waals surface area contributed by atoms with E-state index >= 15 is 0 Å². The molecular weight excluding hydrogens is 440 g/mol. The van der Waals surface area contributed by atoms with Crippen LogP contribution in [0, 0.1) is 0 Å². The molecule has 0 unspecified atom stereocenters. The number of halogens is 1. The van der Waals surface area contributed by atoms with Gasteiger partial charge in [-0.25, -0.2) is 4.79 Å². The number of carbonyl (C=O) groups is 2. The van der Waals surface area contributed by atoms with Gasteiger partial charge in [-0.15, -0.1) is 0 Å². The van der Waals surface area contributed by atoms with Gasteiger partial charge in [0.25, 0.3) is 0 Å². The van der Waals surface area contributed by atoms with Crippen LogP contribution >= 0.6 is 11.6 Å². The molecule has 3 aromatic carbocycles. The Morgan fingerprint density at radius 3 is 2.42 bits per heavy atom. The second-order valence-electron chi connectivity index (χ2n) is 7.59. The third-order valence-corrected chi connectivity index (χ3v) is 5.63. The normalized spacial score (nSPS) is 15.5. The predicted molar refractivity (Wildman–Crippen MR) is 127 cm³/mol. The lowest BCUT2D eigenvalue weighted by Gasteiger charge is -2.29. The van der Waals surface area contributed by atoms with Gasteiger partial charge in [0.05, 0.1) is 13.2 Å². The van der Waals surface area contributed by atoms with Crippen molar-refractivity contribution in [2.45, 2.75) is 19.6 Å². The van der Waals surface area contributed by atoms with E-state index in [1.165, 1.54) is 0 Å². The van der Waals surface area contributed by atoms with E-state index in [4.69, 9.17) is 21.1 Å². The van der Waals surface area contributed by atoms with Crippen LogP contribution in [0.5, 0.6) is 11.5 Å². The van der Waals surface area contributed by atoms with Crippen molar-refractivity contribution in [1.82, 2.24) is 10.6 Å². The van der Waals surface area contributed by atoms with Gasteiger partial charge in [0, 0.05) is 21.9 Å². The maximum absolute atomic E-state index is 13.3. The van der Waals surface area contributed by atoms with E-state index in [1.807, 2.05) is 36.4 Å². The number of allylic oxidation sites excluding steroid dienone is 1. The van der Waals surface area contributed by atoms with Crippen molar-refractivity contribution in [3.05, 3.63) is 106 Å². The topological polar surface area (TPSA) is 76.7 Å². The molecule has 0 radical (unpaired) electrons. The third-order valence-electron chi connectivity index (χ3n) is 5.38.